The SMILES string of the molecule is Cc1cn2nc(C3=CC(=O)N4C=C(N5CCC(CN6CCCCC6)CC5)C=CC4P3)cc2c(C)n1. The van der Waals surface area contributed by atoms with Crippen LogP contribution in [0.25, 0.3) is 10.8 Å². The van der Waals surface area contributed by atoms with Crippen LogP contribution in [0.2, 0.25) is 0 Å². The largest absolute Gasteiger partial charge is 0.370 e. The van der Waals surface area contributed by atoms with Gasteiger partial charge in [0.15, 0.2) is 0 Å². The molecule has 0 bridgehead atoms. The highest BCUT2D eigenvalue weighted by Gasteiger charge is 2.31. The standard InChI is InChI=1S/C27H35N6OP/c1-19-16-33-24(20(2)28-19)14-23(29-33)25-15-26(34)32-18-22(6-7-27(32)35-25)31-12-8-21(9-13-31)17-30-10-4-3-5-11-30/h6-7,14-16,18,21,27,35H,3-5,8-13,17H2,1-2H3. The van der Waals surface area contributed by atoms with Gasteiger partial charge in [-0.2, -0.15) is 5.10 Å². The maximum Gasteiger partial charge on any atom is 0.252 e. The Bertz CT molecular complexity index is 1220. The Kier molecular flexibility index (Phi) is 6.23. The molecule has 2 aromatic rings. The maximum atomic E-state index is 13.2. The Morgan fingerprint density at radius 2 is 1.89 bits per heavy atom. The number of rotatable bonds is 4. The Morgan fingerprint density at radius 1 is 1.09 bits per heavy atom. The molecule has 184 valence electrons. The first kappa shape index (κ1) is 22.9. The number of piperidine rings is 2. The van der Waals surface area contributed by atoms with Gasteiger partial charge in [0.25, 0.3) is 5.91 Å². The molecule has 0 aromatic carbocycles. The number of allylic oxidation sites excluding steroid dienone is 1. The fourth-order valence-electron chi connectivity index (χ4n) is 5.90. The van der Waals surface area contributed by atoms with E-state index in [2.05, 4.69) is 39.2 Å². The van der Waals surface area contributed by atoms with Crippen molar-refractivity contribution in [2.24, 2.45) is 5.92 Å². The van der Waals surface area contributed by atoms with Crippen molar-refractivity contribution in [3.8, 4) is 0 Å². The summed E-state index contributed by atoms with van der Waals surface area (Å²) >= 11 is 0. The molecular formula is C27H35N6OP. The van der Waals surface area contributed by atoms with Gasteiger partial charge in [0.1, 0.15) is 0 Å². The number of amides is 1. The van der Waals surface area contributed by atoms with Crippen molar-refractivity contribution < 1.29 is 4.79 Å². The van der Waals surface area contributed by atoms with Crippen LogP contribution in [0.5, 0.6) is 0 Å². The molecule has 7 nitrogen and oxygen atoms in total. The average Bonchev–Trinajstić information content (AvgIpc) is 3.30. The van der Waals surface area contributed by atoms with Crippen LogP contribution in [0.4, 0.5) is 0 Å². The van der Waals surface area contributed by atoms with Crippen LogP contribution < -0.4 is 0 Å². The highest BCUT2D eigenvalue weighted by Crippen LogP contribution is 2.44. The number of hydrogen-bond donors (Lipinski definition) is 0. The molecule has 0 spiro atoms. The molecule has 4 aliphatic rings. The van der Waals surface area contributed by atoms with Gasteiger partial charge in [0.05, 0.1) is 40.3 Å². The normalized spacial score (nSPS) is 24.7. The monoisotopic (exact) mass is 490 g/mol. The van der Waals surface area contributed by atoms with E-state index in [1.807, 2.05) is 29.5 Å². The summed E-state index contributed by atoms with van der Waals surface area (Å²) in [5.41, 5.74) is 4.95. The van der Waals surface area contributed by atoms with Gasteiger partial charge >= 0.3 is 0 Å². The van der Waals surface area contributed by atoms with Crippen molar-refractivity contribution in [2.75, 3.05) is 32.7 Å². The van der Waals surface area contributed by atoms with Crippen LogP contribution in [-0.2, 0) is 4.79 Å². The molecule has 6 heterocycles. The Hall–Kier alpha value is -2.50. The number of fused-ring (bicyclic) bond motifs is 2. The lowest BCUT2D eigenvalue weighted by atomic mass is 9.95. The fraction of sp³-hybridized carbons (Fsp3) is 0.519. The summed E-state index contributed by atoms with van der Waals surface area (Å²) < 4.78 is 1.89. The van der Waals surface area contributed by atoms with Crippen molar-refractivity contribution in [3.63, 3.8) is 0 Å². The predicted octanol–water partition coefficient (Wildman–Crippen LogP) is 4.14. The second-order valence-corrected chi connectivity index (χ2v) is 11.8. The molecule has 2 unspecified atom stereocenters. The van der Waals surface area contributed by atoms with Gasteiger partial charge in [-0.15, -0.1) is 0 Å². The van der Waals surface area contributed by atoms with Gasteiger partial charge < -0.3 is 14.7 Å². The number of hydrogen-bond acceptors (Lipinski definition) is 5. The second-order valence-electron chi connectivity index (χ2n) is 10.4. The quantitative estimate of drug-likeness (QED) is 0.603. The molecule has 0 radical (unpaired) electrons. The average molecular weight is 491 g/mol. The zero-order valence-electron chi connectivity index (χ0n) is 20.8. The van der Waals surface area contributed by atoms with Crippen LogP contribution in [0, 0.1) is 19.8 Å². The molecule has 1 amide bonds. The van der Waals surface area contributed by atoms with Crippen molar-refractivity contribution in [1.82, 2.24) is 29.3 Å². The third kappa shape index (κ3) is 4.68. The number of carbonyl (C=O) groups excluding carboxylic acids is 1. The van der Waals surface area contributed by atoms with E-state index in [0.29, 0.717) is 8.58 Å². The summed E-state index contributed by atoms with van der Waals surface area (Å²) in [6.45, 7) is 9.98. The molecule has 2 saturated heterocycles. The Balaban J connectivity index is 1.12. The van der Waals surface area contributed by atoms with E-state index < -0.39 is 0 Å². The van der Waals surface area contributed by atoms with Gasteiger partial charge in [-0.05, 0) is 70.7 Å². The summed E-state index contributed by atoms with van der Waals surface area (Å²) in [6, 6.07) is 2.06. The summed E-state index contributed by atoms with van der Waals surface area (Å²) in [7, 11) is 0.476. The minimum Gasteiger partial charge on any atom is -0.370 e. The summed E-state index contributed by atoms with van der Waals surface area (Å²) in [4.78, 5) is 24.8. The first-order valence-electron chi connectivity index (χ1n) is 13.1. The Labute approximate surface area is 209 Å². The zero-order valence-corrected chi connectivity index (χ0v) is 21.8. The highest BCUT2D eigenvalue weighted by atomic mass is 31.1. The van der Waals surface area contributed by atoms with Crippen LogP contribution >= 0.6 is 8.58 Å². The number of nitrogens with zero attached hydrogens (tertiary/aromatic N) is 6. The lowest BCUT2D eigenvalue weighted by molar-refractivity contribution is -0.123. The summed E-state index contributed by atoms with van der Waals surface area (Å²) in [6.07, 6.45) is 16.9. The first-order chi connectivity index (χ1) is 17.0. The highest BCUT2D eigenvalue weighted by molar-refractivity contribution is 7.51. The van der Waals surface area contributed by atoms with E-state index in [0.717, 1.165) is 46.9 Å². The van der Waals surface area contributed by atoms with Crippen LogP contribution in [-0.4, -0.2) is 73.7 Å². The fourth-order valence-corrected chi connectivity index (χ4v) is 7.23. The van der Waals surface area contributed by atoms with Crippen LogP contribution in [0.15, 0.2) is 42.4 Å². The molecule has 6 rings (SSSR count). The molecule has 2 fully saturated rings. The number of aromatic nitrogens is 3. The van der Waals surface area contributed by atoms with E-state index >= 15 is 0 Å². The maximum absolute atomic E-state index is 13.2. The molecule has 0 saturated carbocycles. The molecule has 0 aliphatic carbocycles. The first-order valence-corrected chi connectivity index (χ1v) is 14.1. The molecular weight excluding hydrogens is 455 g/mol. The van der Waals surface area contributed by atoms with E-state index in [-0.39, 0.29) is 11.7 Å². The molecule has 35 heavy (non-hydrogen) atoms. The Morgan fingerprint density at radius 3 is 2.69 bits per heavy atom. The third-order valence-electron chi connectivity index (χ3n) is 7.83. The number of likely N-dealkylation sites (tertiary alicyclic amines) is 2. The van der Waals surface area contributed by atoms with Crippen molar-refractivity contribution >= 4 is 25.3 Å². The van der Waals surface area contributed by atoms with E-state index in [1.165, 1.54) is 57.4 Å². The van der Waals surface area contributed by atoms with E-state index in [1.54, 1.807) is 6.08 Å². The number of carbonyl (C=O) groups is 1. The minimum atomic E-state index is 0.0497. The van der Waals surface area contributed by atoms with Gasteiger partial charge in [-0.3, -0.25) is 9.78 Å². The molecule has 2 aromatic heterocycles. The smallest absolute Gasteiger partial charge is 0.252 e. The molecule has 4 aliphatic heterocycles. The van der Waals surface area contributed by atoms with Crippen molar-refractivity contribution in [2.45, 2.75) is 51.7 Å². The van der Waals surface area contributed by atoms with E-state index in [9.17, 15) is 4.79 Å². The van der Waals surface area contributed by atoms with Gasteiger partial charge in [-0.1, -0.05) is 21.1 Å². The topological polar surface area (TPSA) is 57.0 Å². The van der Waals surface area contributed by atoms with Crippen LogP contribution in [0.3, 0.4) is 0 Å². The molecule has 0 N–H and O–H groups in total. The minimum absolute atomic E-state index is 0.0497. The third-order valence-corrected chi connectivity index (χ3v) is 9.30. The van der Waals surface area contributed by atoms with E-state index in [4.69, 9.17) is 5.10 Å². The van der Waals surface area contributed by atoms with Gasteiger partial charge in [0.2, 0.25) is 0 Å². The lowest BCUT2D eigenvalue weighted by Crippen LogP contribution is -2.42. The predicted molar refractivity (Wildman–Crippen MR) is 141 cm³/mol. The van der Waals surface area contributed by atoms with Gasteiger partial charge in [0, 0.05) is 37.2 Å². The summed E-state index contributed by atoms with van der Waals surface area (Å²) in [5.74, 6) is 0.934. The van der Waals surface area contributed by atoms with Crippen molar-refractivity contribution in [1.29, 1.82) is 0 Å². The lowest BCUT2D eigenvalue weighted by Gasteiger charge is -2.40. The molecule has 8 heteroatoms. The molecule has 2 atom stereocenters. The van der Waals surface area contributed by atoms with Crippen LogP contribution in [0.1, 0.15) is 49.2 Å². The summed E-state index contributed by atoms with van der Waals surface area (Å²) in [5, 5.41) is 5.79. The second kappa shape index (κ2) is 9.51. The number of aryl methyl sites for hydroxylation is 2. The zero-order chi connectivity index (χ0) is 23.9. The van der Waals surface area contributed by atoms with Gasteiger partial charge in [-0.25, -0.2) is 4.52 Å². The van der Waals surface area contributed by atoms with Crippen molar-refractivity contribution in [3.05, 3.63) is 59.5 Å².